The molecule has 0 aliphatic heterocycles. The van der Waals surface area contributed by atoms with Gasteiger partial charge in [0, 0.05) is 23.7 Å². The standard InChI is InChI=1S/C20H18N4O/c1-4-6-14(5-2)20-17(12-21)18(22)11-19(24-20)15-7-9-16(10-8-15)23-13(3)25/h4-11H,1-2H2,3H3,(H2,22,24)(H,23,25)/b14-6+. The van der Waals surface area contributed by atoms with Crippen molar-refractivity contribution in [1.29, 1.82) is 5.26 Å². The number of nitrogens with zero attached hydrogens (tertiary/aromatic N) is 2. The average Bonchev–Trinajstić information content (AvgIpc) is 2.59. The second-order valence-corrected chi connectivity index (χ2v) is 5.25. The number of benzene rings is 1. The van der Waals surface area contributed by atoms with E-state index in [4.69, 9.17) is 5.73 Å². The number of nitrogen functional groups attached to an aromatic ring is 1. The summed E-state index contributed by atoms with van der Waals surface area (Å²) in [7, 11) is 0. The van der Waals surface area contributed by atoms with Crippen LogP contribution in [-0.2, 0) is 4.79 Å². The summed E-state index contributed by atoms with van der Waals surface area (Å²) in [5, 5.41) is 12.1. The van der Waals surface area contributed by atoms with E-state index in [1.54, 1.807) is 36.4 Å². The van der Waals surface area contributed by atoms with Gasteiger partial charge in [0.25, 0.3) is 0 Å². The second-order valence-electron chi connectivity index (χ2n) is 5.25. The van der Waals surface area contributed by atoms with Crippen LogP contribution in [0.4, 0.5) is 11.4 Å². The summed E-state index contributed by atoms with van der Waals surface area (Å²) in [6.45, 7) is 8.87. The number of aromatic nitrogens is 1. The van der Waals surface area contributed by atoms with Gasteiger partial charge in [-0.2, -0.15) is 5.26 Å². The third-order valence-electron chi connectivity index (χ3n) is 3.45. The summed E-state index contributed by atoms with van der Waals surface area (Å²) in [5.41, 5.74) is 9.93. The Hall–Kier alpha value is -3.65. The predicted octanol–water partition coefficient (Wildman–Crippen LogP) is 3.92. The SMILES string of the molecule is C=C/C=C(\C=C)c1nc(-c2ccc(NC(C)=O)cc2)cc(N)c1C#N. The number of carbonyl (C=O) groups is 1. The molecule has 0 unspecified atom stereocenters. The highest BCUT2D eigenvalue weighted by molar-refractivity contribution is 5.89. The quantitative estimate of drug-likeness (QED) is 0.813. The molecule has 5 heteroatoms. The number of nitrogens with two attached hydrogens (primary N) is 1. The van der Waals surface area contributed by atoms with Crippen LogP contribution in [-0.4, -0.2) is 10.9 Å². The van der Waals surface area contributed by atoms with Gasteiger partial charge in [-0.1, -0.05) is 43.5 Å². The third-order valence-corrected chi connectivity index (χ3v) is 3.45. The van der Waals surface area contributed by atoms with Gasteiger partial charge in [0.2, 0.25) is 5.91 Å². The van der Waals surface area contributed by atoms with Crippen LogP contribution in [0, 0.1) is 11.3 Å². The van der Waals surface area contributed by atoms with Gasteiger partial charge in [0.15, 0.2) is 0 Å². The Morgan fingerprint density at radius 2 is 2.00 bits per heavy atom. The molecule has 0 spiro atoms. The number of anilines is 2. The van der Waals surface area contributed by atoms with E-state index in [1.807, 2.05) is 12.1 Å². The zero-order valence-electron chi connectivity index (χ0n) is 13.9. The highest BCUT2D eigenvalue weighted by atomic mass is 16.1. The average molecular weight is 330 g/mol. The molecular weight excluding hydrogens is 312 g/mol. The lowest BCUT2D eigenvalue weighted by Gasteiger charge is -2.11. The van der Waals surface area contributed by atoms with Gasteiger partial charge < -0.3 is 11.1 Å². The molecule has 5 nitrogen and oxygen atoms in total. The highest BCUT2D eigenvalue weighted by Gasteiger charge is 2.14. The minimum Gasteiger partial charge on any atom is -0.398 e. The number of amides is 1. The minimum absolute atomic E-state index is 0.138. The number of allylic oxidation sites excluding steroid dienone is 4. The molecule has 1 heterocycles. The Labute approximate surface area is 146 Å². The molecule has 2 rings (SSSR count). The van der Waals surface area contributed by atoms with Gasteiger partial charge in [-0.05, 0) is 18.2 Å². The van der Waals surface area contributed by atoms with Crippen molar-refractivity contribution in [2.75, 3.05) is 11.1 Å². The molecular formula is C20H18N4O. The number of rotatable bonds is 5. The molecule has 0 aliphatic rings. The fourth-order valence-electron chi connectivity index (χ4n) is 2.34. The minimum atomic E-state index is -0.138. The Bertz CT molecular complexity index is 903. The van der Waals surface area contributed by atoms with Gasteiger partial charge in [-0.3, -0.25) is 4.79 Å². The van der Waals surface area contributed by atoms with E-state index in [0.717, 1.165) is 5.56 Å². The molecule has 0 saturated carbocycles. The summed E-state index contributed by atoms with van der Waals surface area (Å²) >= 11 is 0. The smallest absolute Gasteiger partial charge is 0.221 e. The maximum Gasteiger partial charge on any atom is 0.221 e. The van der Waals surface area contributed by atoms with Crippen LogP contribution in [0.15, 0.2) is 61.7 Å². The van der Waals surface area contributed by atoms with Gasteiger partial charge in [0.1, 0.15) is 11.6 Å². The molecule has 3 N–H and O–H groups in total. The van der Waals surface area contributed by atoms with E-state index < -0.39 is 0 Å². The van der Waals surface area contributed by atoms with Crippen molar-refractivity contribution in [3.05, 3.63) is 73.0 Å². The maximum atomic E-state index is 11.1. The normalized spacial score (nSPS) is 10.6. The summed E-state index contributed by atoms with van der Waals surface area (Å²) in [6, 6.07) is 11.0. The van der Waals surface area contributed by atoms with Crippen molar-refractivity contribution >= 4 is 22.9 Å². The lowest BCUT2D eigenvalue weighted by molar-refractivity contribution is -0.114. The molecule has 124 valence electrons. The molecule has 1 amide bonds. The molecule has 0 atom stereocenters. The lowest BCUT2D eigenvalue weighted by atomic mass is 10.0. The number of nitriles is 1. The zero-order chi connectivity index (χ0) is 18.4. The predicted molar refractivity (Wildman–Crippen MR) is 101 cm³/mol. The monoisotopic (exact) mass is 330 g/mol. The second kappa shape index (κ2) is 7.75. The van der Waals surface area contributed by atoms with E-state index in [9.17, 15) is 10.1 Å². The van der Waals surface area contributed by atoms with Crippen molar-refractivity contribution in [3.8, 4) is 17.3 Å². The number of pyridine rings is 1. The van der Waals surface area contributed by atoms with Crippen LogP contribution in [0.3, 0.4) is 0 Å². The fourth-order valence-corrected chi connectivity index (χ4v) is 2.34. The largest absolute Gasteiger partial charge is 0.398 e. The number of carbonyl (C=O) groups excluding carboxylic acids is 1. The van der Waals surface area contributed by atoms with Crippen molar-refractivity contribution in [3.63, 3.8) is 0 Å². The van der Waals surface area contributed by atoms with Crippen molar-refractivity contribution < 1.29 is 4.79 Å². The number of nitrogens with one attached hydrogen (secondary N) is 1. The number of hydrogen-bond acceptors (Lipinski definition) is 4. The first-order valence-electron chi connectivity index (χ1n) is 7.54. The van der Waals surface area contributed by atoms with Gasteiger partial charge >= 0.3 is 0 Å². The van der Waals surface area contributed by atoms with Gasteiger partial charge in [-0.25, -0.2) is 4.98 Å². The van der Waals surface area contributed by atoms with Crippen LogP contribution in [0.25, 0.3) is 16.8 Å². The zero-order valence-corrected chi connectivity index (χ0v) is 13.9. The van der Waals surface area contributed by atoms with Crippen LogP contribution in [0.2, 0.25) is 0 Å². The summed E-state index contributed by atoms with van der Waals surface area (Å²) in [5.74, 6) is -0.138. The van der Waals surface area contributed by atoms with Gasteiger partial charge in [-0.15, -0.1) is 0 Å². The Morgan fingerprint density at radius 3 is 2.52 bits per heavy atom. The first-order chi connectivity index (χ1) is 12.0. The van der Waals surface area contributed by atoms with Crippen LogP contribution in [0.1, 0.15) is 18.2 Å². The molecule has 2 aromatic rings. The van der Waals surface area contributed by atoms with Crippen molar-refractivity contribution in [2.24, 2.45) is 0 Å². The summed E-state index contributed by atoms with van der Waals surface area (Å²) in [6.07, 6.45) is 4.93. The van der Waals surface area contributed by atoms with Gasteiger partial charge in [0.05, 0.1) is 17.1 Å². The maximum absolute atomic E-state index is 11.1. The van der Waals surface area contributed by atoms with Crippen molar-refractivity contribution in [2.45, 2.75) is 6.92 Å². The van der Waals surface area contributed by atoms with Crippen molar-refractivity contribution in [1.82, 2.24) is 4.98 Å². The summed E-state index contributed by atoms with van der Waals surface area (Å²) in [4.78, 5) is 15.7. The first kappa shape index (κ1) is 17.7. The van der Waals surface area contributed by atoms with Crippen LogP contribution in [0.5, 0.6) is 0 Å². The molecule has 0 radical (unpaired) electrons. The topological polar surface area (TPSA) is 91.8 Å². The number of hydrogen-bond donors (Lipinski definition) is 2. The van der Waals surface area contributed by atoms with E-state index in [-0.39, 0.29) is 5.91 Å². The highest BCUT2D eigenvalue weighted by Crippen LogP contribution is 2.29. The third kappa shape index (κ3) is 4.01. The molecule has 0 bridgehead atoms. The van der Waals surface area contributed by atoms with Crippen LogP contribution < -0.4 is 11.1 Å². The summed E-state index contributed by atoms with van der Waals surface area (Å²) < 4.78 is 0. The Morgan fingerprint density at radius 1 is 1.32 bits per heavy atom. The molecule has 1 aromatic carbocycles. The lowest BCUT2D eigenvalue weighted by Crippen LogP contribution is -2.05. The van der Waals surface area contributed by atoms with E-state index in [2.05, 4.69) is 29.5 Å². The van der Waals surface area contributed by atoms with E-state index in [1.165, 1.54) is 6.92 Å². The molecule has 1 aromatic heterocycles. The molecule has 0 aliphatic carbocycles. The molecule has 0 fully saturated rings. The van der Waals surface area contributed by atoms with E-state index >= 15 is 0 Å². The van der Waals surface area contributed by atoms with E-state index in [0.29, 0.717) is 33.9 Å². The molecule has 25 heavy (non-hydrogen) atoms. The Kier molecular flexibility index (Phi) is 5.49. The fraction of sp³-hybridized carbons (Fsp3) is 0.0500. The Balaban J connectivity index is 2.56. The molecule has 0 saturated heterocycles. The first-order valence-corrected chi connectivity index (χ1v) is 7.54. The van der Waals surface area contributed by atoms with Crippen LogP contribution >= 0.6 is 0 Å².